The van der Waals surface area contributed by atoms with Crippen LogP contribution in [0.2, 0.25) is 5.31 Å². The summed E-state index contributed by atoms with van der Waals surface area (Å²) in [6.07, 6.45) is 0. The zero-order chi connectivity index (χ0) is 21.0. The number of rotatable bonds is 3. The zero-order valence-electron chi connectivity index (χ0n) is 13.9. The Bertz CT molecular complexity index is 805. The molecule has 0 bridgehead atoms. The first-order chi connectivity index (χ1) is 12.2. The smallest absolute Gasteiger partial charge is 0.200 e. The second-order valence-corrected chi connectivity index (χ2v) is 6.77. The van der Waals surface area contributed by atoms with Crippen molar-refractivity contribution in [2.24, 2.45) is 0 Å². The lowest BCUT2D eigenvalue weighted by Crippen LogP contribution is -2.25. The Balaban J connectivity index is 3.04. The molecule has 0 saturated heterocycles. The van der Waals surface area contributed by atoms with E-state index in [9.17, 15) is 43.9 Å². The molecule has 0 aliphatic rings. The Kier molecular flexibility index (Phi) is 5.28. The first-order valence-corrected chi connectivity index (χ1v) is 7.26. The van der Waals surface area contributed by atoms with Gasteiger partial charge in [-0.15, -0.1) is 0 Å². The predicted octanol–water partition coefficient (Wildman–Crippen LogP) is 5.04. The van der Waals surface area contributed by atoms with E-state index in [1.54, 1.807) is 0 Å². The van der Waals surface area contributed by atoms with Gasteiger partial charge in [-0.2, -0.15) is 0 Å². The third-order valence-electron chi connectivity index (χ3n) is 3.93. The minimum absolute atomic E-state index is 1.06. The topological polar surface area (TPSA) is 0 Å². The minimum Gasteiger partial charge on any atom is -0.203 e. The van der Waals surface area contributed by atoms with Crippen molar-refractivity contribution in [3.05, 3.63) is 69.3 Å². The van der Waals surface area contributed by atoms with Crippen LogP contribution in [0.1, 0.15) is 30.9 Å². The Labute approximate surface area is 147 Å². The van der Waals surface area contributed by atoms with Crippen LogP contribution in [0.5, 0.6) is 0 Å². The molecule has 0 radical (unpaired) electrons. The maximum atomic E-state index is 14.2. The van der Waals surface area contributed by atoms with E-state index in [0.29, 0.717) is 0 Å². The zero-order valence-corrected chi connectivity index (χ0v) is 13.9. The summed E-state index contributed by atoms with van der Waals surface area (Å²) in [5.74, 6) is -26.9. The lowest BCUT2D eigenvalue weighted by atomic mass is 9.59. The normalized spacial score (nSPS) is 12.2. The molecule has 0 atom stereocenters. The molecule has 2 aromatic carbocycles. The quantitative estimate of drug-likeness (QED) is 0.292. The number of benzene rings is 2. The van der Waals surface area contributed by atoms with Crippen LogP contribution in [0.15, 0.2) is 0 Å². The van der Waals surface area contributed by atoms with Crippen LogP contribution in [0.25, 0.3) is 0 Å². The molecule has 0 amide bonds. The van der Waals surface area contributed by atoms with E-state index in [1.807, 2.05) is 0 Å². The van der Waals surface area contributed by atoms with Gasteiger partial charge in [0.05, 0.1) is 0 Å². The average molecular weight is 402 g/mol. The van der Waals surface area contributed by atoms with E-state index in [0.717, 1.165) is 21.7 Å². The van der Waals surface area contributed by atoms with Gasteiger partial charge in [0.1, 0.15) is 7.85 Å². The monoisotopic (exact) mass is 402 g/mol. The summed E-state index contributed by atoms with van der Waals surface area (Å²) < 4.78 is 137. The van der Waals surface area contributed by atoms with Gasteiger partial charge in [-0.3, -0.25) is 0 Å². The van der Waals surface area contributed by atoms with Gasteiger partial charge in [0, 0.05) is 17.0 Å². The van der Waals surface area contributed by atoms with Gasteiger partial charge in [-0.1, -0.05) is 19.2 Å². The summed E-state index contributed by atoms with van der Waals surface area (Å²) in [7, 11) is 1.06. The number of hydrogen-bond acceptors (Lipinski definition) is 0. The van der Waals surface area contributed by atoms with Crippen LogP contribution < -0.4 is 0 Å². The Morgan fingerprint density at radius 3 is 0.852 bits per heavy atom. The summed E-state index contributed by atoms with van der Waals surface area (Å²) in [5, 5.41) is -1.73. The summed E-state index contributed by atoms with van der Waals surface area (Å²) in [5.41, 5.74) is -3.41. The fraction of sp³-hybridized carbons (Fsp3) is 0.250. The van der Waals surface area contributed by atoms with Crippen LogP contribution >= 0.6 is 0 Å². The molecule has 0 unspecified atom stereocenters. The molecule has 0 heterocycles. The lowest BCUT2D eigenvalue weighted by molar-refractivity contribution is 0.343. The molecule has 2 rings (SSSR count). The van der Waals surface area contributed by atoms with Gasteiger partial charge in [0.2, 0.25) is 11.6 Å². The van der Waals surface area contributed by atoms with Crippen molar-refractivity contribution in [1.82, 2.24) is 0 Å². The van der Waals surface area contributed by atoms with Crippen molar-refractivity contribution in [1.29, 1.82) is 0 Å². The van der Waals surface area contributed by atoms with Gasteiger partial charge < -0.3 is 0 Å². The van der Waals surface area contributed by atoms with Crippen molar-refractivity contribution < 1.29 is 43.9 Å². The van der Waals surface area contributed by atoms with Crippen LogP contribution in [0.3, 0.4) is 0 Å². The largest absolute Gasteiger partial charge is 0.203 e. The molecule has 0 aliphatic heterocycles. The molecule has 11 heteroatoms. The predicted molar refractivity (Wildman–Crippen MR) is 76.9 cm³/mol. The van der Waals surface area contributed by atoms with E-state index >= 15 is 0 Å². The van der Waals surface area contributed by atoms with Crippen molar-refractivity contribution >= 4 is 7.85 Å². The Morgan fingerprint density at radius 1 is 0.481 bits per heavy atom. The van der Waals surface area contributed by atoms with Crippen LogP contribution in [-0.2, 0) is 0 Å². The van der Waals surface area contributed by atoms with Gasteiger partial charge >= 0.3 is 0 Å². The second kappa shape index (κ2) is 6.76. The van der Waals surface area contributed by atoms with Crippen molar-refractivity contribution in [3.8, 4) is 0 Å². The molecule has 0 spiro atoms. The lowest BCUT2D eigenvalue weighted by Gasteiger charge is -2.33. The van der Waals surface area contributed by atoms with E-state index in [1.165, 1.54) is 0 Å². The first-order valence-electron chi connectivity index (χ1n) is 7.26. The van der Waals surface area contributed by atoms with Gasteiger partial charge in [0.15, 0.2) is 46.5 Å². The van der Waals surface area contributed by atoms with E-state index in [-0.39, 0.29) is 0 Å². The Morgan fingerprint density at radius 2 is 0.667 bits per heavy atom. The molecular weight excluding hydrogens is 393 g/mol. The highest BCUT2D eigenvalue weighted by Gasteiger charge is 2.42. The maximum Gasteiger partial charge on any atom is 0.200 e. The van der Waals surface area contributed by atoms with E-state index in [2.05, 4.69) is 0 Å². The fourth-order valence-corrected chi connectivity index (χ4v) is 2.76. The molecule has 27 heavy (non-hydrogen) atoms. The SMILES string of the molecule is BC(C)(C)C(c1c(F)c(F)c(F)c(F)c1F)c1c(F)c(F)c(F)c(F)c1F. The molecule has 0 N–H and O–H groups in total. The molecule has 0 aromatic heterocycles. The summed E-state index contributed by atoms with van der Waals surface area (Å²) >= 11 is 0. The van der Waals surface area contributed by atoms with Crippen molar-refractivity contribution in [3.63, 3.8) is 0 Å². The van der Waals surface area contributed by atoms with E-state index in [4.69, 9.17) is 0 Å². The average Bonchev–Trinajstić information content (AvgIpc) is 2.59. The molecule has 2 aromatic rings. The number of hydrogen-bond donors (Lipinski definition) is 0. The van der Waals surface area contributed by atoms with Crippen molar-refractivity contribution in [2.45, 2.75) is 25.1 Å². The molecule has 0 fully saturated rings. The summed E-state index contributed by atoms with van der Waals surface area (Å²) in [6.45, 7) is 2.13. The molecule has 0 saturated carbocycles. The van der Waals surface area contributed by atoms with Crippen molar-refractivity contribution in [2.75, 3.05) is 0 Å². The molecule has 0 aliphatic carbocycles. The highest BCUT2D eigenvalue weighted by atomic mass is 19.2. The first kappa shape index (κ1) is 21.1. The highest BCUT2D eigenvalue weighted by molar-refractivity contribution is 6.15. The Hall–Kier alpha value is -2.20. The molecule has 0 nitrogen and oxygen atoms in total. The van der Waals surface area contributed by atoms with Crippen LogP contribution in [0.4, 0.5) is 43.9 Å². The molecule has 146 valence electrons. The van der Waals surface area contributed by atoms with Gasteiger partial charge in [-0.25, -0.2) is 43.9 Å². The standard InChI is InChI=1S/C16H9BF10/c1-16(2,17)5(3-6(18)10(22)14(26)11(23)7(3)19)4-8(20)12(24)15(27)13(25)9(4)21/h5H,17H2,1-2H3. The third-order valence-corrected chi connectivity index (χ3v) is 3.93. The summed E-state index contributed by atoms with van der Waals surface area (Å²) in [6, 6.07) is 0. The minimum atomic E-state index is -2.53. The van der Waals surface area contributed by atoms with E-state index < -0.39 is 80.5 Å². The summed E-state index contributed by atoms with van der Waals surface area (Å²) in [4.78, 5) is 0. The van der Waals surface area contributed by atoms with Gasteiger partial charge in [0.25, 0.3) is 0 Å². The van der Waals surface area contributed by atoms with Crippen LogP contribution in [0, 0.1) is 58.2 Å². The third kappa shape index (κ3) is 3.16. The van der Waals surface area contributed by atoms with Crippen LogP contribution in [-0.4, -0.2) is 7.85 Å². The number of halogens is 10. The molecular formula is C16H9BF10. The highest BCUT2D eigenvalue weighted by Crippen LogP contribution is 2.49. The van der Waals surface area contributed by atoms with Gasteiger partial charge in [-0.05, 0) is 0 Å². The second-order valence-electron chi connectivity index (χ2n) is 6.77. The fourth-order valence-electron chi connectivity index (χ4n) is 2.76. The maximum absolute atomic E-state index is 14.2.